The number of aryl methyl sites for hydroxylation is 2. The van der Waals surface area contributed by atoms with Gasteiger partial charge >= 0.3 is 0 Å². The summed E-state index contributed by atoms with van der Waals surface area (Å²) < 4.78 is 0. The van der Waals surface area contributed by atoms with Crippen molar-refractivity contribution in [2.45, 2.75) is 44.9 Å². The highest BCUT2D eigenvalue weighted by atomic mass is 35.5. The largest absolute Gasteiger partial charge is 0.369 e. The number of nitrogens with zero attached hydrogens (tertiary/aromatic N) is 2. The number of aromatic nitrogens is 2. The van der Waals surface area contributed by atoms with Crippen molar-refractivity contribution in [1.82, 2.24) is 9.97 Å². The summed E-state index contributed by atoms with van der Waals surface area (Å²) in [6, 6.07) is 0. The van der Waals surface area contributed by atoms with E-state index in [1.165, 1.54) is 35.1 Å². The molecule has 2 aromatic rings. The number of halogens is 1. The second-order valence-electron chi connectivity index (χ2n) is 5.70. The Kier molecular flexibility index (Phi) is 4.13. The fourth-order valence-electron chi connectivity index (χ4n) is 2.97. The lowest BCUT2D eigenvalue weighted by Gasteiger charge is -2.25. The highest BCUT2D eigenvalue weighted by Crippen LogP contribution is 2.33. The van der Waals surface area contributed by atoms with Crippen LogP contribution in [0.2, 0.25) is 0 Å². The molecule has 1 fully saturated rings. The molecule has 0 saturated heterocycles. The van der Waals surface area contributed by atoms with Crippen LogP contribution in [0.4, 0.5) is 5.82 Å². The van der Waals surface area contributed by atoms with Gasteiger partial charge in [-0.15, -0.1) is 22.9 Å². The van der Waals surface area contributed by atoms with Crippen molar-refractivity contribution in [3.8, 4) is 0 Å². The lowest BCUT2D eigenvalue weighted by molar-refractivity contribution is 0.378. The van der Waals surface area contributed by atoms with Gasteiger partial charge in [0.25, 0.3) is 0 Å². The minimum atomic E-state index is 0.353. The molecule has 0 amide bonds. The predicted molar refractivity (Wildman–Crippen MR) is 87.0 cm³/mol. The minimum absolute atomic E-state index is 0.353. The summed E-state index contributed by atoms with van der Waals surface area (Å²) in [5.74, 6) is 1.64. The Morgan fingerprint density at radius 3 is 3.00 bits per heavy atom. The zero-order valence-corrected chi connectivity index (χ0v) is 13.5. The minimum Gasteiger partial charge on any atom is -0.369 e. The SMILES string of the molecule is Cc1sc2ncnc(NCC3CCCC(Cl)C3)c2c1C. The summed E-state index contributed by atoms with van der Waals surface area (Å²) in [5, 5.41) is 5.07. The summed E-state index contributed by atoms with van der Waals surface area (Å²) in [6.07, 6.45) is 6.46. The number of hydrogen-bond acceptors (Lipinski definition) is 4. The molecule has 0 spiro atoms. The van der Waals surface area contributed by atoms with E-state index in [0.29, 0.717) is 11.3 Å². The highest BCUT2D eigenvalue weighted by Gasteiger charge is 2.20. The van der Waals surface area contributed by atoms with Crippen molar-refractivity contribution >= 4 is 39.0 Å². The van der Waals surface area contributed by atoms with Crippen LogP contribution in [0.3, 0.4) is 0 Å². The van der Waals surface area contributed by atoms with E-state index in [-0.39, 0.29) is 0 Å². The Labute approximate surface area is 128 Å². The highest BCUT2D eigenvalue weighted by molar-refractivity contribution is 7.18. The molecule has 5 heteroatoms. The van der Waals surface area contributed by atoms with Crippen molar-refractivity contribution in [2.24, 2.45) is 5.92 Å². The molecule has 2 heterocycles. The molecule has 108 valence electrons. The number of alkyl halides is 1. The zero-order chi connectivity index (χ0) is 14.1. The van der Waals surface area contributed by atoms with E-state index in [2.05, 4.69) is 29.1 Å². The van der Waals surface area contributed by atoms with Crippen LogP contribution in [-0.2, 0) is 0 Å². The Morgan fingerprint density at radius 2 is 2.20 bits per heavy atom. The second-order valence-corrected chi connectivity index (χ2v) is 7.52. The fourth-order valence-corrected chi connectivity index (χ4v) is 4.37. The molecular weight excluding hydrogens is 290 g/mol. The Hall–Kier alpha value is -0.870. The van der Waals surface area contributed by atoms with Gasteiger partial charge in [0.05, 0.1) is 5.39 Å². The number of hydrogen-bond donors (Lipinski definition) is 1. The number of thiophene rings is 1. The molecule has 2 atom stereocenters. The molecule has 1 saturated carbocycles. The van der Waals surface area contributed by atoms with Crippen LogP contribution in [0.15, 0.2) is 6.33 Å². The van der Waals surface area contributed by atoms with E-state index in [1.807, 2.05) is 0 Å². The second kappa shape index (κ2) is 5.86. The Balaban J connectivity index is 1.77. The summed E-state index contributed by atoms with van der Waals surface area (Å²) >= 11 is 8.01. The van der Waals surface area contributed by atoms with Crippen LogP contribution in [0.1, 0.15) is 36.1 Å². The van der Waals surface area contributed by atoms with Crippen molar-refractivity contribution in [3.63, 3.8) is 0 Å². The molecular formula is C15H20ClN3S. The first-order chi connectivity index (χ1) is 9.65. The number of nitrogens with one attached hydrogen (secondary N) is 1. The van der Waals surface area contributed by atoms with Crippen LogP contribution in [0, 0.1) is 19.8 Å². The van der Waals surface area contributed by atoms with E-state index in [4.69, 9.17) is 11.6 Å². The molecule has 0 bridgehead atoms. The third kappa shape index (κ3) is 2.77. The van der Waals surface area contributed by atoms with Gasteiger partial charge in [0.15, 0.2) is 0 Å². The summed E-state index contributed by atoms with van der Waals surface area (Å²) in [6.45, 7) is 5.26. The smallest absolute Gasteiger partial charge is 0.138 e. The van der Waals surface area contributed by atoms with Gasteiger partial charge in [-0.1, -0.05) is 6.42 Å². The Morgan fingerprint density at radius 1 is 1.35 bits per heavy atom. The maximum absolute atomic E-state index is 6.27. The van der Waals surface area contributed by atoms with Gasteiger partial charge in [-0.05, 0) is 44.6 Å². The molecule has 1 aliphatic carbocycles. The third-order valence-corrected chi connectivity index (χ3v) is 5.75. The van der Waals surface area contributed by atoms with Crippen LogP contribution in [0.25, 0.3) is 10.2 Å². The summed E-state index contributed by atoms with van der Waals surface area (Å²) in [5.41, 5.74) is 1.30. The van der Waals surface area contributed by atoms with E-state index in [9.17, 15) is 0 Å². The first-order valence-corrected chi connectivity index (χ1v) is 8.49. The first kappa shape index (κ1) is 14.1. The van der Waals surface area contributed by atoms with E-state index >= 15 is 0 Å². The number of anilines is 1. The van der Waals surface area contributed by atoms with Crippen molar-refractivity contribution < 1.29 is 0 Å². The van der Waals surface area contributed by atoms with Crippen molar-refractivity contribution in [1.29, 1.82) is 0 Å². The van der Waals surface area contributed by atoms with E-state index in [1.54, 1.807) is 17.7 Å². The lowest BCUT2D eigenvalue weighted by atomic mass is 9.89. The van der Waals surface area contributed by atoms with Crippen LogP contribution in [-0.4, -0.2) is 21.9 Å². The monoisotopic (exact) mass is 309 g/mol. The molecule has 3 nitrogen and oxygen atoms in total. The van der Waals surface area contributed by atoms with Crippen LogP contribution >= 0.6 is 22.9 Å². The molecule has 1 N–H and O–H groups in total. The molecule has 0 radical (unpaired) electrons. The standard InChI is InChI=1S/C15H20ClN3S/c1-9-10(2)20-15-13(9)14(18-8-19-15)17-7-11-4-3-5-12(16)6-11/h8,11-12H,3-7H2,1-2H3,(H,17,18,19). The molecule has 2 unspecified atom stereocenters. The molecule has 2 aromatic heterocycles. The lowest BCUT2D eigenvalue weighted by Crippen LogP contribution is -2.22. The molecule has 3 rings (SSSR count). The summed E-state index contributed by atoms with van der Waals surface area (Å²) in [4.78, 5) is 11.2. The van der Waals surface area contributed by atoms with Gasteiger partial charge in [0.1, 0.15) is 17.0 Å². The fraction of sp³-hybridized carbons (Fsp3) is 0.600. The quantitative estimate of drug-likeness (QED) is 0.847. The molecule has 20 heavy (non-hydrogen) atoms. The van der Waals surface area contributed by atoms with Gasteiger partial charge < -0.3 is 5.32 Å². The topological polar surface area (TPSA) is 37.8 Å². The number of fused-ring (bicyclic) bond motifs is 1. The average molecular weight is 310 g/mol. The van der Waals surface area contributed by atoms with Crippen molar-refractivity contribution in [3.05, 3.63) is 16.8 Å². The maximum atomic E-state index is 6.27. The third-order valence-electron chi connectivity index (χ3n) is 4.24. The normalized spacial score (nSPS) is 23.1. The molecule has 1 aliphatic rings. The zero-order valence-electron chi connectivity index (χ0n) is 11.9. The Bertz CT molecular complexity index is 610. The van der Waals surface area contributed by atoms with Gasteiger partial charge in [-0.2, -0.15) is 0 Å². The number of rotatable bonds is 3. The van der Waals surface area contributed by atoms with Gasteiger partial charge in [0.2, 0.25) is 0 Å². The van der Waals surface area contributed by atoms with Gasteiger partial charge in [-0.3, -0.25) is 0 Å². The van der Waals surface area contributed by atoms with Crippen LogP contribution in [0.5, 0.6) is 0 Å². The maximum Gasteiger partial charge on any atom is 0.138 e. The van der Waals surface area contributed by atoms with Crippen LogP contribution < -0.4 is 5.32 Å². The van der Waals surface area contributed by atoms with Gasteiger partial charge in [-0.25, -0.2) is 9.97 Å². The van der Waals surface area contributed by atoms with Crippen molar-refractivity contribution in [2.75, 3.05) is 11.9 Å². The summed E-state index contributed by atoms with van der Waals surface area (Å²) in [7, 11) is 0. The predicted octanol–water partition coefficient (Wildman–Crippen LogP) is 4.52. The van der Waals surface area contributed by atoms with E-state index < -0.39 is 0 Å². The first-order valence-electron chi connectivity index (χ1n) is 7.23. The molecule has 0 aromatic carbocycles. The van der Waals surface area contributed by atoms with E-state index in [0.717, 1.165) is 23.6 Å². The molecule has 0 aliphatic heterocycles. The average Bonchev–Trinajstić information content (AvgIpc) is 2.73. The van der Waals surface area contributed by atoms with Gasteiger partial charge in [0, 0.05) is 16.8 Å².